The van der Waals surface area contributed by atoms with Crippen molar-refractivity contribution in [2.45, 2.75) is 6.61 Å². The monoisotopic (exact) mass is 298 g/mol. The smallest absolute Gasteiger partial charge is 0.291 e. The number of ether oxygens (including phenoxy) is 1. The molecule has 0 atom stereocenters. The van der Waals surface area contributed by atoms with Crippen molar-refractivity contribution in [2.24, 2.45) is 0 Å². The van der Waals surface area contributed by atoms with Gasteiger partial charge in [0.2, 0.25) is 5.56 Å². The zero-order valence-corrected chi connectivity index (χ0v) is 11.9. The largest absolute Gasteiger partial charge is 0.459 e. The van der Waals surface area contributed by atoms with Gasteiger partial charge in [-0.15, -0.1) is 0 Å². The summed E-state index contributed by atoms with van der Waals surface area (Å²) in [5, 5.41) is 3.59. The number of aromatic nitrogens is 1. The third-order valence-electron chi connectivity index (χ3n) is 3.23. The summed E-state index contributed by atoms with van der Waals surface area (Å²) in [5.74, 6) is -0.124. The Bertz CT molecular complexity index is 865. The van der Waals surface area contributed by atoms with Gasteiger partial charge in [-0.05, 0) is 29.8 Å². The van der Waals surface area contributed by atoms with Crippen molar-refractivity contribution in [3.05, 3.63) is 64.3 Å². The maximum absolute atomic E-state index is 12.0. The van der Waals surface area contributed by atoms with Crippen molar-refractivity contribution in [2.75, 3.05) is 12.4 Å². The van der Waals surface area contributed by atoms with Crippen molar-refractivity contribution in [3.8, 4) is 0 Å². The molecule has 0 unspecified atom stereocenters. The van der Waals surface area contributed by atoms with Gasteiger partial charge >= 0.3 is 0 Å². The van der Waals surface area contributed by atoms with Crippen LogP contribution in [-0.2, 0) is 11.3 Å². The Morgan fingerprint density at radius 3 is 2.91 bits per heavy atom. The molecule has 1 amide bonds. The highest BCUT2D eigenvalue weighted by Crippen LogP contribution is 2.20. The lowest BCUT2D eigenvalue weighted by atomic mass is 10.1. The van der Waals surface area contributed by atoms with Crippen molar-refractivity contribution in [1.82, 2.24) is 4.98 Å². The van der Waals surface area contributed by atoms with Crippen LogP contribution in [0.1, 0.15) is 16.1 Å². The van der Waals surface area contributed by atoms with Gasteiger partial charge in [0.15, 0.2) is 5.76 Å². The molecule has 22 heavy (non-hydrogen) atoms. The number of amides is 1. The number of hydrogen-bond acceptors (Lipinski definition) is 4. The highest BCUT2D eigenvalue weighted by Gasteiger charge is 2.10. The topological polar surface area (TPSA) is 84.3 Å². The summed E-state index contributed by atoms with van der Waals surface area (Å²) in [7, 11) is 1.57. The zero-order chi connectivity index (χ0) is 15.5. The minimum Gasteiger partial charge on any atom is -0.459 e. The highest BCUT2D eigenvalue weighted by molar-refractivity contribution is 6.03. The molecule has 2 aromatic heterocycles. The van der Waals surface area contributed by atoms with E-state index in [9.17, 15) is 9.59 Å². The number of benzene rings is 1. The molecule has 0 saturated carbocycles. The van der Waals surface area contributed by atoms with E-state index in [-0.39, 0.29) is 17.2 Å². The van der Waals surface area contributed by atoms with Crippen LogP contribution >= 0.6 is 0 Å². The first-order valence-electron chi connectivity index (χ1n) is 6.67. The van der Waals surface area contributed by atoms with Gasteiger partial charge in [0.1, 0.15) is 0 Å². The normalized spacial score (nSPS) is 10.8. The number of anilines is 1. The molecule has 2 heterocycles. The van der Waals surface area contributed by atoms with Crippen molar-refractivity contribution < 1.29 is 13.9 Å². The Labute approximate surface area is 125 Å². The van der Waals surface area contributed by atoms with Gasteiger partial charge in [0, 0.05) is 24.2 Å². The molecule has 112 valence electrons. The average molecular weight is 298 g/mol. The molecule has 6 nitrogen and oxygen atoms in total. The van der Waals surface area contributed by atoms with Gasteiger partial charge < -0.3 is 19.5 Å². The first kappa shape index (κ1) is 14.1. The van der Waals surface area contributed by atoms with Gasteiger partial charge in [-0.25, -0.2) is 0 Å². The number of fused-ring (bicyclic) bond motifs is 1. The maximum Gasteiger partial charge on any atom is 0.291 e. The average Bonchev–Trinajstić information content (AvgIpc) is 3.01. The van der Waals surface area contributed by atoms with Crippen LogP contribution in [0.2, 0.25) is 0 Å². The summed E-state index contributed by atoms with van der Waals surface area (Å²) < 4.78 is 10.1. The lowest BCUT2D eigenvalue weighted by Gasteiger charge is -2.08. The van der Waals surface area contributed by atoms with Crippen molar-refractivity contribution >= 4 is 22.5 Å². The number of carbonyl (C=O) groups excluding carboxylic acids is 1. The number of aromatic amines is 1. The van der Waals surface area contributed by atoms with E-state index < -0.39 is 0 Å². The molecule has 0 aliphatic rings. The van der Waals surface area contributed by atoms with Gasteiger partial charge in [-0.3, -0.25) is 9.59 Å². The Balaban J connectivity index is 1.96. The Hall–Kier alpha value is -2.86. The molecule has 0 fully saturated rings. The van der Waals surface area contributed by atoms with Crippen LogP contribution in [0.15, 0.2) is 51.9 Å². The second kappa shape index (κ2) is 5.87. The second-order valence-corrected chi connectivity index (χ2v) is 4.78. The van der Waals surface area contributed by atoms with Crippen LogP contribution in [0, 0.1) is 0 Å². The van der Waals surface area contributed by atoms with E-state index in [4.69, 9.17) is 9.15 Å². The standard InChI is InChI=1S/C16H14N2O4/c1-21-9-10-7-15(19)18-13-8-11(4-5-12(10)13)17-16(20)14-3-2-6-22-14/h2-8H,9H2,1H3,(H,17,20)(H,18,19). The maximum atomic E-state index is 12.0. The molecule has 2 N–H and O–H groups in total. The fraction of sp³-hybridized carbons (Fsp3) is 0.125. The SMILES string of the molecule is COCc1cc(=O)[nH]c2cc(NC(=O)c3ccco3)ccc12. The van der Waals surface area contributed by atoms with Gasteiger partial charge in [0.25, 0.3) is 5.91 Å². The molecule has 0 bridgehead atoms. The van der Waals surface area contributed by atoms with Crippen LogP contribution in [0.4, 0.5) is 5.69 Å². The third kappa shape index (κ3) is 2.77. The third-order valence-corrected chi connectivity index (χ3v) is 3.23. The molecule has 0 aliphatic heterocycles. The molecule has 0 radical (unpaired) electrons. The Kier molecular flexibility index (Phi) is 3.76. The zero-order valence-electron chi connectivity index (χ0n) is 11.9. The van der Waals surface area contributed by atoms with E-state index in [1.807, 2.05) is 6.07 Å². The molecule has 0 saturated heterocycles. The first-order valence-corrected chi connectivity index (χ1v) is 6.67. The summed E-state index contributed by atoms with van der Waals surface area (Å²) in [5.41, 5.74) is 1.79. The summed E-state index contributed by atoms with van der Waals surface area (Å²) in [4.78, 5) is 26.4. The number of methoxy groups -OCH3 is 1. The number of nitrogens with one attached hydrogen (secondary N) is 2. The van der Waals surface area contributed by atoms with Crippen LogP contribution in [0.3, 0.4) is 0 Å². The van der Waals surface area contributed by atoms with Crippen LogP contribution < -0.4 is 10.9 Å². The van der Waals surface area contributed by atoms with Crippen molar-refractivity contribution in [3.63, 3.8) is 0 Å². The van der Waals surface area contributed by atoms with Crippen LogP contribution in [-0.4, -0.2) is 18.0 Å². The Morgan fingerprint density at radius 2 is 2.18 bits per heavy atom. The summed E-state index contributed by atoms with van der Waals surface area (Å²) in [6, 6.07) is 10.0. The van der Waals surface area contributed by atoms with Crippen molar-refractivity contribution in [1.29, 1.82) is 0 Å². The lowest BCUT2D eigenvalue weighted by molar-refractivity contribution is 0.0996. The molecular weight excluding hydrogens is 284 g/mol. The number of H-pyrrole nitrogens is 1. The Morgan fingerprint density at radius 1 is 1.32 bits per heavy atom. The lowest BCUT2D eigenvalue weighted by Crippen LogP contribution is -2.11. The molecule has 3 rings (SSSR count). The van der Waals surface area contributed by atoms with E-state index in [0.717, 1.165) is 10.9 Å². The minimum atomic E-state index is -0.347. The molecule has 1 aromatic carbocycles. The van der Waals surface area contributed by atoms with Gasteiger partial charge in [0.05, 0.1) is 18.4 Å². The minimum absolute atomic E-state index is 0.214. The van der Waals surface area contributed by atoms with Crippen LogP contribution in [0.5, 0.6) is 0 Å². The van der Waals surface area contributed by atoms with Crippen LogP contribution in [0.25, 0.3) is 10.9 Å². The fourth-order valence-electron chi connectivity index (χ4n) is 2.29. The van der Waals surface area contributed by atoms with Gasteiger partial charge in [-0.2, -0.15) is 0 Å². The predicted molar refractivity (Wildman–Crippen MR) is 81.9 cm³/mol. The molecule has 6 heteroatoms. The molecular formula is C16H14N2O4. The number of rotatable bonds is 4. The molecule has 0 spiro atoms. The van der Waals surface area contributed by atoms with E-state index in [0.29, 0.717) is 17.8 Å². The fourth-order valence-corrected chi connectivity index (χ4v) is 2.29. The summed E-state index contributed by atoms with van der Waals surface area (Å²) in [6.45, 7) is 0.346. The first-order chi connectivity index (χ1) is 10.7. The number of hydrogen-bond donors (Lipinski definition) is 2. The number of carbonyl (C=O) groups is 1. The van der Waals surface area contributed by atoms with Gasteiger partial charge in [-0.1, -0.05) is 6.07 Å². The molecule has 3 aromatic rings. The molecule has 0 aliphatic carbocycles. The number of pyridine rings is 1. The van der Waals surface area contributed by atoms with E-state index in [1.54, 1.807) is 31.4 Å². The predicted octanol–water partition coefficient (Wildman–Crippen LogP) is 2.52. The van der Waals surface area contributed by atoms with E-state index in [2.05, 4.69) is 10.3 Å². The second-order valence-electron chi connectivity index (χ2n) is 4.78. The quantitative estimate of drug-likeness (QED) is 0.775. The van der Waals surface area contributed by atoms with E-state index in [1.165, 1.54) is 12.3 Å². The summed E-state index contributed by atoms with van der Waals surface area (Å²) >= 11 is 0. The van der Waals surface area contributed by atoms with E-state index >= 15 is 0 Å². The number of furan rings is 1. The highest BCUT2D eigenvalue weighted by atomic mass is 16.5. The summed E-state index contributed by atoms with van der Waals surface area (Å²) in [6.07, 6.45) is 1.43.